The number of hydrogen-bond acceptors (Lipinski definition) is 2. The van der Waals surface area contributed by atoms with Crippen LogP contribution in [0.3, 0.4) is 0 Å². The predicted molar refractivity (Wildman–Crippen MR) is 45.0 cm³/mol. The van der Waals surface area contributed by atoms with Gasteiger partial charge in [0.15, 0.2) is 0 Å². The van der Waals surface area contributed by atoms with Crippen LogP contribution in [0.25, 0.3) is 0 Å². The number of nitrogens with one attached hydrogen (secondary N) is 1. The summed E-state index contributed by atoms with van der Waals surface area (Å²) >= 11 is 0. The van der Waals surface area contributed by atoms with Crippen molar-refractivity contribution in [2.24, 2.45) is 11.3 Å². The van der Waals surface area contributed by atoms with Crippen LogP contribution >= 0.6 is 0 Å². The molecule has 1 amide bonds. The summed E-state index contributed by atoms with van der Waals surface area (Å²) in [5.41, 5.74) is -0.492. The standard InChI is InChI=1S/C9H13NO3/c11-7-2-1-6(5-10-7)9(3-4-9)8(12)13/h6H,1-5H2,(H,10,11)(H,12,13). The van der Waals surface area contributed by atoms with Crippen LogP contribution in [0.15, 0.2) is 0 Å². The number of carbonyl (C=O) groups excluding carboxylic acids is 1. The SMILES string of the molecule is O=C1CCC(C2(C(=O)O)CC2)CN1. The zero-order chi connectivity index (χ0) is 9.47. The van der Waals surface area contributed by atoms with Crippen molar-refractivity contribution in [2.75, 3.05) is 6.54 Å². The molecule has 0 spiro atoms. The fraction of sp³-hybridized carbons (Fsp3) is 0.778. The van der Waals surface area contributed by atoms with Crippen molar-refractivity contribution in [3.63, 3.8) is 0 Å². The Morgan fingerprint density at radius 2 is 2.23 bits per heavy atom. The third-order valence-corrected chi connectivity index (χ3v) is 3.26. The molecule has 2 N–H and O–H groups in total. The molecule has 2 rings (SSSR count). The smallest absolute Gasteiger partial charge is 0.309 e. The summed E-state index contributed by atoms with van der Waals surface area (Å²) in [6.45, 7) is 0.547. The molecule has 1 aliphatic carbocycles. The van der Waals surface area contributed by atoms with Gasteiger partial charge in [-0.1, -0.05) is 0 Å². The maximum atomic E-state index is 11.0. The molecule has 1 aliphatic heterocycles. The van der Waals surface area contributed by atoms with E-state index in [9.17, 15) is 9.59 Å². The fourth-order valence-corrected chi connectivity index (χ4v) is 2.14. The molecule has 1 saturated carbocycles. The average Bonchev–Trinajstić information content (AvgIpc) is 2.86. The zero-order valence-electron chi connectivity index (χ0n) is 7.38. The third kappa shape index (κ3) is 1.30. The Balaban J connectivity index is 2.02. The maximum absolute atomic E-state index is 11.0. The van der Waals surface area contributed by atoms with Crippen LogP contribution in [-0.4, -0.2) is 23.5 Å². The molecule has 2 aliphatic rings. The molecular formula is C9H13NO3. The second kappa shape index (κ2) is 2.72. The van der Waals surface area contributed by atoms with Crippen LogP contribution in [0, 0.1) is 11.3 Å². The summed E-state index contributed by atoms with van der Waals surface area (Å²) in [5.74, 6) is -0.478. The molecule has 0 aromatic heterocycles. The Hall–Kier alpha value is -1.06. The first-order valence-electron chi connectivity index (χ1n) is 4.65. The molecule has 0 radical (unpaired) electrons. The predicted octanol–water partition coefficient (Wildman–Crippen LogP) is 0.377. The van der Waals surface area contributed by atoms with E-state index in [2.05, 4.69) is 5.32 Å². The molecule has 0 aromatic rings. The van der Waals surface area contributed by atoms with Gasteiger partial charge in [0.2, 0.25) is 5.91 Å². The summed E-state index contributed by atoms with van der Waals surface area (Å²) in [5, 5.41) is 11.7. The van der Waals surface area contributed by atoms with Gasteiger partial charge in [0, 0.05) is 13.0 Å². The number of carboxylic acid groups (broad SMARTS) is 1. The molecule has 1 unspecified atom stereocenters. The number of hydrogen-bond donors (Lipinski definition) is 2. The Morgan fingerprint density at radius 3 is 2.62 bits per heavy atom. The van der Waals surface area contributed by atoms with Crippen molar-refractivity contribution in [1.29, 1.82) is 0 Å². The molecule has 4 nitrogen and oxygen atoms in total. The third-order valence-electron chi connectivity index (χ3n) is 3.26. The molecule has 0 aromatic carbocycles. The van der Waals surface area contributed by atoms with E-state index in [1.807, 2.05) is 0 Å². The van der Waals surface area contributed by atoms with Crippen LogP contribution in [0.1, 0.15) is 25.7 Å². The van der Waals surface area contributed by atoms with E-state index in [0.29, 0.717) is 13.0 Å². The van der Waals surface area contributed by atoms with Gasteiger partial charge >= 0.3 is 5.97 Å². The van der Waals surface area contributed by atoms with Crippen molar-refractivity contribution >= 4 is 11.9 Å². The molecule has 1 heterocycles. The number of carboxylic acids is 1. The van der Waals surface area contributed by atoms with Crippen LogP contribution in [0.4, 0.5) is 0 Å². The van der Waals surface area contributed by atoms with Gasteiger partial charge in [-0.15, -0.1) is 0 Å². The number of amides is 1. The first kappa shape index (κ1) is 8.53. The van der Waals surface area contributed by atoms with Gasteiger partial charge in [-0.05, 0) is 25.2 Å². The summed E-state index contributed by atoms with van der Waals surface area (Å²) in [6.07, 6.45) is 2.78. The molecule has 1 saturated heterocycles. The lowest BCUT2D eigenvalue weighted by Gasteiger charge is -2.27. The van der Waals surface area contributed by atoms with Gasteiger partial charge in [-0.2, -0.15) is 0 Å². The van der Waals surface area contributed by atoms with Crippen molar-refractivity contribution in [1.82, 2.24) is 5.32 Å². The summed E-state index contributed by atoms with van der Waals surface area (Å²) < 4.78 is 0. The zero-order valence-corrected chi connectivity index (χ0v) is 7.38. The van der Waals surface area contributed by atoms with Gasteiger partial charge in [0.1, 0.15) is 0 Å². The second-order valence-corrected chi connectivity index (χ2v) is 4.00. The van der Waals surface area contributed by atoms with Crippen molar-refractivity contribution < 1.29 is 14.7 Å². The Bertz CT molecular complexity index is 248. The number of aliphatic carboxylic acids is 1. The molecule has 13 heavy (non-hydrogen) atoms. The molecule has 1 atom stereocenters. The van der Waals surface area contributed by atoms with Crippen molar-refractivity contribution in [2.45, 2.75) is 25.7 Å². The largest absolute Gasteiger partial charge is 0.481 e. The highest BCUT2D eigenvalue weighted by Crippen LogP contribution is 2.54. The van der Waals surface area contributed by atoms with E-state index in [1.165, 1.54) is 0 Å². The Kier molecular flexibility index (Phi) is 1.78. The molecule has 4 heteroatoms. The minimum absolute atomic E-state index is 0.0532. The normalized spacial score (nSPS) is 30.8. The van der Waals surface area contributed by atoms with Crippen LogP contribution < -0.4 is 5.32 Å². The number of rotatable bonds is 2. The van der Waals surface area contributed by atoms with E-state index >= 15 is 0 Å². The van der Waals surface area contributed by atoms with Crippen LogP contribution in [0.5, 0.6) is 0 Å². The minimum Gasteiger partial charge on any atom is -0.481 e. The first-order valence-corrected chi connectivity index (χ1v) is 4.65. The van der Waals surface area contributed by atoms with Gasteiger partial charge in [0.05, 0.1) is 5.41 Å². The molecule has 2 fully saturated rings. The highest BCUT2D eigenvalue weighted by Gasteiger charge is 2.56. The maximum Gasteiger partial charge on any atom is 0.309 e. The lowest BCUT2D eigenvalue weighted by atomic mass is 9.83. The lowest BCUT2D eigenvalue weighted by molar-refractivity contribution is -0.146. The summed E-state index contributed by atoms with van der Waals surface area (Å²) in [7, 11) is 0. The van der Waals surface area contributed by atoms with Crippen molar-refractivity contribution in [3.8, 4) is 0 Å². The fourth-order valence-electron chi connectivity index (χ4n) is 2.14. The monoisotopic (exact) mass is 183 g/mol. The highest BCUT2D eigenvalue weighted by atomic mass is 16.4. The van der Waals surface area contributed by atoms with Gasteiger partial charge in [-0.25, -0.2) is 0 Å². The molecule has 0 bridgehead atoms. The van der Waals surface area contributed by atoms with Gasteiger partial charge in [0.25, 0.3) is 0 Å². The van der Waals surface area contributed by atoms with E-state index in [4.69, 9.17) is 5.11 Å². The van der Waals surface area contributed by atoms with Gasteiger partial charge in [-0.3, -0.25) is 9.59 Å². The summed E-state index contributed by atoms with van der Waals surface area (Å²) in [6, 6.07) is 0. The van der Waals surface area contributed by atoms with Crippen LogP contribution in [0.2, 0.25) is 0 Å². The summed E-state index contributed by atoms with van der Waals surface area (Å²) in [4.78, 5) is 21.8. The highest BCUT2D eigenvalue weighted by molar-refractivity contribution is 5.80. The lowest BCUT2D eigenvalue weighted by Crippen LogP contribution is -2.41. The Labute approximate surface area is 76.3 Å². The second-order valence-electron chi connectivity index (χ2n) is 4.00. The number of piperidine rings is 1. The average molecular weight is 183 g/mol. The van der Waals surface area contributed by atoms with Crippen LogP contribution in [-0.2, 0) is 9.59 Å². The van der Waals surface area contributed by atoms with E-state index in [-0.39, 0.29) is 11.8 Å². The molecular weight excluding hydrogens is 170 g/mol. The number of carbonyl (C=O) groups is 2. The van der Waals surface area contributed by atoms with Crippen molar-refractivity contribution in [3.05, 3.63) is 0 Å². The minimum atomic E-state index is -0.686. The quantitative estimate of drug-likeness (QED) is 0.650. The van der Waals surface area contributed by atoms with Gasteiger partial charge < -0.3 is 10.4 Å². The van der Waals surface area contributed by atoms with E-state index < -0.39 is 11.4 Å². The van der Waals surface area contributed by atoms with E-state index in [0.717, 1.165) is 19.3 Å². The first-order chi connectivity index (χ1) is 6.15. The topological polar surface area (TPSA) is 66.4 Å². The van der Waals surface area contributed by atoms with E-state index in [1.54, 1.807) is 0 Å². The Morgan fingerprint density at radius 1 is 1.54 bits per heavy atom. The molecule has 72 valence electrons.